The number of unbranched alkanes of at least 4 members (excludes halogenated alkanes) is 1. The van der Waals surface area contributed by atoms with Gasteiger partial charge >= 0.3 is 0 Å². The summed E-state index contributed by atoms with van der Waals surface area (Å²) in [4.78, 5) is 24.8. The molecule has 0 aromatic heterocycles. The van der Waals surface area contributed by atoms with Gasteiger partial charge in [-0.25, -0.2) is 0 Å². The van der Waals surface area contributed by atoms with Crippen molar-refractivity contribution in [1.82, 2.24) is 10.6 Å². The van der Waals surface area contributed by atoms with E-state index in [0.29, 0.717) is 35.7 Å². The molecule has 0 fully saturated rings. The van der Waals surface area contributed by atoms with E-state index in [2.05, 4.69) is 22.9 Å². The lowest BCUT2D eigenvalue weighted by atomic mass is 10.1. The van der Waals surface area contributed by atoms with Crippen LogP contribution < -0.4 is 20.7 Å². The Morgan fingerprint density at radius 2 is 1.64 bits per heavy atom. The zero-order valence-corrected chi connectivity index (χ0v) is 16.9. The highest BCUT2D eigenvalue weighted by Gasteiger charge is 2.15. The maximum Gasteiger partial charge on any atom is 0.261 e. The molecule has 3 N–H and O–H groups in total. The fourth-order valence-corrected chi connectivity index (χ4v) is 2.68. The van der Waals surface area contributed by atoms with Gasteiger partial charge in [-0.15, -0.1) is 0 Å². The number of carbonyl (C=O) groups excluding carboxylic acids is 2. The van der Waals surface area contributed by atoms with Crippen molar-refractivity contribution in [3.8, 4) is 5.75 Å². The number of rotatable bonds is 8. The van der Waals surface area contributed by atoms with E-state index in [9.17, 15) is 9.59 Å². The smallest absolute Gasteiger partial charge is 0.261 e. The van der Waals surface area contributed by atoms with Crippen LogP contribution in [0.4, 0.5) is 5.69 Å². The Bertz CT molecular complexity index is 839. The lowest BCUT2D eigenvalue weighted by Gasteiger charge is -2.14. The summed E-state index contributed by atoms with van der Waals surface area (Å²) in [7, 11) is 0. The Labute approximate surface area is 170 Å². The number of thiocarbonyl (C=S) groups is 1. The maximum atomic E-state index is 12.6. The van der Waals surface area contributed by atoms with Crippen LogP contribution in [0.25, 0.3) is 0 Å². The molecule has 0 saturated carbocycles. The van der Waals surface area contributed by atoms with E-state index in [4.69, 9.17) is 17.0 Å². The molecule has 2 aromatic rings. The Morgan fingerprint density at radius 3 is 2.36 bits per heavy atom. The van der Waals surface area contributed by atoms with Gasteiger partial charge in [0.15, 0.2) is 5.11 Å². The van der Waals surface area contributed by atoms with Crippen LogP contribution in [0, 0.1) is 0 Å². The normalized spacial score (nSPS) is 10.1. The van der Waals surface area contributed by atoms with Crippen molar-refractivity contribution in [2.45, 2.75) is 26.7 Å². The highest BCUT2D eigenvalue weighted by Crippen LogP contribution is 2.19. The monoisotopic (exact) mass is 399 g/mol. The lowest BCUT2D eigenvalue weighted by Crippen LogP contribution is -2.35. The van der Waals surface area contributed by atoms with Crippen molar-refractivity contribution >= 4 is 34.8 Å². The van der Waals surface area contributed by atoms with Crippen molar-refractivity contribution in [3.05, 3.63) is 59.7 Å². The van der Waals surface area contributed by atoms with Crippen molar-refractivity contribution in [3.63, 3.8) is 0 Å². The molecule has 7 heteroatoms. The number of amides is 2. The van der Waals surface area contributed by atoms with Crippen LogP contribution in [0.1, 0.15) is 47.4 Å². The molecule has 0 unspecified atom stereocenters. The summed E-state index contributed by atoms with van der Waals surface area (Å²) in [6.07, 6.45) is 1.92. The molecule has 0 spiro atoms. The van der Waals surface area contributed by atoms with Crippen molar-refractivity contribution in [1.29, 1.82) is 0 Å². The van der Waals surface area contributed by atoms with Gasteiger partial charge in [0.25, 0.3) is 11.8 Å². The minimum Gasteiger partial charge on any atom is -0.493 e. The van der Waals surface area contributed by atoms with Crippen LogP contribution in [0.5, 0.6) is 5.75 Å². The zero-order chi connectivity index (χ0) is 20.4. The Morgan fingerprint density at radius 1 is 0.964 bits per heavy atom. The molecular weight excluding hydrogens is 374 g/mol. The molecule has 0 saturated heterocycles. The van der Waals surface area contributed by atoms with Crippen LogP contribution in [0.2, 0.25) is 0 Å². The van der Waals surface area contributed by atoms with Crippen LogP contribution in [-0.2, 0) is 0 Å². The summed E-state index contributed by atoms with van der Waals surface area (Å²) in [6, 6.07) is 14.0. The molecule has 0 aliphatic heterocycles. The van der Waals surface area contributed by atoms with Crippen molar-refractivity contribution in [2.75, 3.05) is 18.5 Å². The van der Waals surface area contributed by atoms with E-state index in [-0.39, 0.29) is 16.9 Å². The van der Waals surface area contributed by atoms with Crippen LogP contribution in [0.15, 0.2) is 48.5 Å². The Kier molecular flexibility index (Phi) is 8.42. The van der Waals surface area contributed by atoms with Crippen molar-refractivity contribution < 1.29 is 14.3 Å². The number of para-hydroxylation sites is 2. The van der Waals surface area contributed by atoms with Gasteiger partial charge in [-0.1, -0.05) is 37.6 Å². The van der Waals surface area contributed by atoms with Crippen LogP contribution in [-0.4, -0.2) is 30.1 Å². The predicted octanol–water partition coefficient (Wildman–Crippen LogP) is 3.74. The number of carbonyl (C=O) groups is 2. The highest BCUT2D eigenvalue weighted by atomic mass is 32.1. The molecule has 2 amide bonds. The Balaban J connectivity index is 2.06. The van der Waals surface area contributed by atoms with Gasteiger partial charge in [-0.05, 0) is 49.8 Å². The molecule has 2 rings (SSSR count). The fraction of sp³-hybridized carbons (Fsp3) is 0.286. The molecule has 28 heavy (non-hydrogen) atoms. The molecule has 6 nitrogen and oxygen atoms in total. The van der Waals surface area contributed by atoms with E-state index in [1.165, 1.54) is 0 Å². The maximum absolute atomic E-state index is 12.6. The number of anilines is 1. The first-order valence-corrected chi connectivity index (χ1v) is 9.69. The number of ether oxygens (including phenoxy) is 1. The lowest BCUT2D eigenvalue weighted by molar-refractivity contribution is 0.0954. The highest BCUT2D eigenvalue weighted by molar-refractivity contribution is 7.80. The molecule has 148 valence electrons. The summed E-state index contributed by atoms with van der Waals surface area (Å²) in [6.45, 7) is 4.98. The largest absolute Gasteiger partial charge is 0.493 e. The van der Waals surface area contributed by atoms with Gasteiger partial charge in [-0.2, -0.15) is 0 Å². The summed E-state index contributed by atoms with van der Waals surface area (Å²) in [5, 5.41) is 8.41. The molecule has 0 aliphatic carbocycles. The van der Waals surface area contributed by atoms with Gasteiger partial charge in [0.05, 0.1) is 23.4 Å². The first kappa shape index (κ1) is 21.4. The second-order valence-corrected chi connectivity index (χ2v) is 6.42. The quantitative estimate of drug-likeness (QED) is 0.465. The molecule has 0 atom stereocenters. The van der Waals surface area contributed by atoms with Crippen LogP contribution >= 0.6 is 12.2 Å². The third-order valence-electron chi connectivity index (χ3n) is 3.87. The second-order valence-electron chi connectivity index (χ2n) is 6.01. The summed E-state index contributed by atoms with van der Waals surface area (Å²) >= 11 is 5.26. The molecule has 0 aliphatic rings. The van der Waals surface area contributed by atoms with E-state index >= 15 is 0 Å². The molecule has 0 radical (unpaired) electrons. The van der Waals surface area contributed by atoms with E-state index in [1.54, 1.807) is 42.5 Å². The molecule has 2 aromatic carbocycles. The second kappa shape index (κ2) is 11.0. The third kappa shape index (κ3) is 6.06. The minimum absolute atomic E-state index is 0.102. The zero-order valence-electron chi connectivity index (χ0n) is 16.1. The van der Waals surface area contributed by atoms with E-state index < -0.39 is 0 Å². The minimum atomic E-state index is -0.375. The third-order valence-corrected chi connectivity index (χ3v) is 4.08. The number of benzene rings is 2. The first-order chi connectivity index (χ1) is 13.6. The van der Waals surface area contributed by atoms with Gasteiger partial charge in [0.2, 0.25) is 0 Å². The number of nitrogens with one attached hydrogen (secondary N) is 3. The van der Waals surface area contributed by atoms with Gasteiger partial charge < -0.3 is 15.4 Å². The molecule has 0 bridgehead atoms. The summed E-state index contributed by atoms with van der Waals surface area (Å²) in [5.41, 5.74) is 1.37. The summed E-state index contributed by atoms with van der Waals surface area (Å²) in [5.74, 6) is -0.0755. The fourth-order valence-electron chi connectivity index (χ4n) is 2.48. The molecule has 0 heterocycles. The number of hydrogen-bond donors (Lipinski definition) is 3. The first-order valence-electron chi connectivity index (χ1n) is 9.28. The van der Waals surface area contributed by atoms with Gasteiger partial charge in [0.1, 0.15) is 5.75 Å². The van der Waals surface area contributed by atoms with E-state index in [0.717, 1.165) is 12.8 Å². The van der Waals surface area contributed by atoms with Gasteiger partial charge in [0, 0.05) is 6.54 Å². The average molecular weight is 400 g/mol. The topological polar surface area (TPSA) is 79.5 Å². The summed E-state index contributed by atoms with van der Waals surface area (Å²) < 4.78 is 5.70. The predicted molar refractivity (Wildman–Crippen MR) is 115 cm³/mol. The number of hydrogen-bond acceptors (Lipinski definition) is 4. The molecular formula is C21H25N3O3S. The van der Waals surface area contributed by atoms with Crippen molar-refractivity contribution in [2.24, 2.45) is 0 Å². The SMILES string of the molecule is CCCCOc1ccccc1C(=O)NC(=S)Nc1ccccc1C(=O)NCC. The van der Waals surface area contributed by atoms with E-state index in [1.807, 2.05) is 13.0 Å². The van der Waals surface area contributed by atoms with Crippen LogP contribution in [0.3, 0.4) is 0 Å². The average Bonchev–Trinajstić information content (AvgIpc) is 2.69. The Hall–Kier alpha value is -2.93. The van der Waals surface area contributed by atoms with Gasteiger partial charge in [-0.3, -0.25) is 14.9 Å². The standard InChI is InChI=1S/C21H25N3O3S/c1-3-5-14-27-18-13-9-7-11-16(18)20(26)24-21(28)23-17-12-8-6-10-15(17)19(25)22-4-2/h6-13H,3-5,14H2,1-2H3,(H,22,25)(H2,23,24,26,28).